The van der Waals surface area contributed by atoms with Gasteiger partial charge in [0.15, 0.2) is 0 Å². The first-order valence-corrected chi connectivity index (χ1v) is 8.61. The topological polar surface area (TPSA) is 84.2 Å². The molecule has 0 unspecified atom stereocenters. The molecule has 4 N–H and O–H groups in total. The number of primary amides is 1. The van der Waals surface area contributed by atoms with Crippen molar-refractivity contribution in [2.24, 2.45) is 5.73 Å². The second kappa shape index (κ2) is 7.07. The molecule has 3 rings (SSSR count). The minimum Gasteiger partial charge on any atom is -0.368 e. The Morgan fingerprint density at radius 3 is 2.54 bits per heavy atom. The number of hydrogen-bond donors (Lipinski definition) is 3. The second-order valence-corrected chi connectivity index (χ2v) is 6.89. The lowest BCUT2D eigenvalue weighted by Crippen LogP contribution is -2.51. The van der Waals surface area contributed by atoms with Gasteiger partial charge in [0.2, 0.25) is 11.8 Å². The molecule has 0 aromatic heterocycles. The van der Waals surface area contributed by atoms with E-state index in [4.69, 9.17) is 5.73 Å². The number of nitrogens with one attached hydrogen (secondary N) is 2. The molecule has 0 spiro atoms. The van der Waals surface area contributed by atoms with E-state index in [9.17, 15) is 9.59 Å². The first-order valence-electron chi connectivity index (χ1n) is 7.73. The van der Waals surface area contributed by atoms with Crippen molar-refractivity contribution in [1.29, 1.82) is 0 Å². The molecule has 0 saturated heterocycles. The summed E-state index contributed by atoms with van der Waals surface area (Å²) >= 11 is 1.60. The first kappa shape index (κ1) is 16.5. The maximum atomic E-state index is 12.8. The summed E-state index contributed by atoms with van der Waals surface area (Å²) < 4.78 is 0. The molecule has 0 saturated carbocycles. The smallest absolute Gasteiger partial charge is 0.243 e. The lowest BCUT2D eigenvalue weighted by atomic mass is 10.0. The van der Waals surface area contributed by atoms with Crippen LogP contribution in [0.15, 0.2) is 59.5 Å². The van der Waals surface area contributed by atoms with Gasteiger partial charge in [0.05, 0.1) is 17.0 Å². The molecule has 2 aromatic rings. The highest BCUT2D eigenvalue weighted by Gasteiger charge is 2.35. The summed E-state index contributed by atoms with van der Waals surface area (Å²) in [5.41, 5.74) is 7.17. The highest BCUT2D eigenvalue weighted by molar-refractivity contribution is 7.99. The molecule has 1 heterocycles. The summed E-state index contributed by atoms with van der Waals surface area (Å²) in [6.45, 7) is 1.67. The fourth-order valence-corrected chi connectivity index (χ4v) is 3.95. The van der Waals surface area contributed by atoms with E-state index in [1.807, 2.05) is 54.6 Å². The van der Waals surface area contributed by atoms with Gasteiger partial charge in [0, 0.05) is 4.90 Å². The van der Waals surface area contributed by atoms with Crippen LogP contribution in [-0.4, -0.2) is 23.9 Å². The Morgan fingerprint density at radius 2 is 1.83 bits per heavy atom. The number of fused-ring (bicyclic) bond motifs is 1. The minimum atomic E-state index is -0.603. The van der Waals surface area contributed by atoms with Crippen molar-refractivity contribution in [2.45, 2.75) is 29.2 Å². The number of hydrogen-bond acceptors (Lipinski definition) is 4. The van der Waals surface area contributed by atoms with Gasteiger partial charge in [-0.15, -0.1) is 11.8 Å². The van der Waals surface area contributed by atoms with Gasteiger partial charge in [-0.3, -0.25) is 14.9 Å². The number of amides is 2. The number of para-hydroxylation sites is 1. The van der Waals surface area contributed by atoms with Crippen molar-refractivity contribution in [3.8, 4) is 0 Å². The Balaban J connectivity index is 2.00. The van der Waals surface area contributed by atoms with Crippen LogP contribution in [-0.2, 0) is 9.59 Å². The zero-order valence-electron chi connectivity index (χ0n) is 13.2. The van der Waals surface area contributed by atoms with Crippen LogP contribution >= 0.6 is 11.8 Å². The molecule has 3 atom stereocenters. The molecule has 5 nitrogen and oxygen atoms in total. The van der Waals surface area contributed by atoms with E-state index in [1.165, 1.54) is 0 Å². The van der Waals surface area contributed by atoms with Crippen molar-refractivity contribution in [3.63, 3.8) is 0 Å². The SMILES string of the molecule is C[C@H](N[C@@H]1C(=O)Nc2ccccc2S[C@@H]1c1ccccc1)C(N)=O. The van der Waals surface area contributed by atoms with Crippen LogP contribution in [0.3, 0.4) is 0 Å². The molecule has 1 aliphatic heterocycles. The van der Waals surface area contributed by atoms with Crippen molar-refractivity contribution < 1.29 is 9.59 Å². The average Bonchev–Trinajstić information content (AvgIpc) is 2.72. The molecule has 6 heteroatoms. The predicted octanol–water partition coefficient (Wildman–Crippen LogP) is 2.30. The number of anilines is 1. The van der Waals surface area contributed by atoms with Crippen LogP contribution in [0.1, 0.15) is 17.7 Å². The first-order chi connectivity index (χ1) is 11.6. The molecule has 24 heavy (non-hydrogen) atoms. The zero-order valence-corrected chi connectivity index (χ0v) is 14.0. The Kier molecular flexibility index (Phi) is 4.87. The Morgan fingerprint density at radius 1 is 1.17 bits per heavy atom. The van der Waals surface area contributed by atoms with E-state index in [1.54, 1.807) is 18.7 Å². The Bertz CT molecular complexity index is 751. The van der Waals surface area contributed by atoms with Gasteiger partial charge in [-0.05, 0) is 24.6 Å². The Hall–Kier alpha value is -2.31. The molecule has 0 aliphatic carbocycles. The molecule has 0 radical (unpaired) electrons. The summed E-state index contributed by atoms with van der Waals surface area (Å²) in [5.74, 6) is -0.657. The quantitative estimate of drug-likeness (QED) is 0.797. The number of benzene rings is 2. The van der Waals surface area contributed by atoms with Crippen LogP contribution in [0, 0.1) is 0 Å². The van der Waals surface area contributed by atoms with Crippen LogP contribution in [0.4, 0.5) is 5.69 Å². The molecule has 2 aromatic carbocycles. The molecular formula is C18H19N3O2S. The molecule has 0 fully saturated rings. The third-order valence-corrected chi connectivity index (χ3v) is 5.38. The number of carbonyl (C=O) groups excluding carboxylic acids is 2. The van der Waals surface area contributed by atoms with E-state index in [-0.39, 0.29) is 11.2 Å². The fraction of sp³-hybridized carbons (Fsp3) is 0.222. The maximum absolute atomic E-state index is 12.8. The standard InChI is InChI=1S/C18H19N3O2S/c1-11(17(19)22)20-15-16(12-7-3-2-4-8-12)24-14-10-6-5-9-13(14)21-18(15)23/h2-11,15-16,20H,1H3,(H2,19,22)(H,21,23)/t11-,15-,16+/m0/s1. The van der Waals surface area contributed by atoms with Crippen molar-refractivity contribution in [2.75, 3.05) is 5.32 Å². The monoisotopic (exact) mass is 341 g/mol. The highest BCUT2D eigenvalue weighted by Crippen LogP contribution is 2.43. The number of carbonyl (C=O) groups is 2. The normalized spacial score (nSPS) is 21.3. The van der Waals surface area contributed by atoms with Gasteiger partial charge in [-0.1, -0.05) is 42.5 Å². The largest absolute Gasteiger partial charge is 0.368 e. The molecular weight excluding hydrogens is 322 g/mol. The van der Waals surface area contributed by atoms with Crippen molar-refractivity contribution >= 4 is 29.3 Å². The minimum absolute atomic E-state index is 0.170. The summed E-state index contributed by atoms with van der Waals surface area (Å²) in [6.07, 6.45) is 0. The van der Waals surface area contributed by atoms with E-state index < -0.39 is 18.0 Å². The fourth-order valence-electron chi connectivity index (χ4n) is 2.64. The van der Waals surface area contributed by atoms with Gasteiger partial charge < -0.3 is 11.1 Å². The number of nitrogens with two attached hydrogens (primary N) is 1. The summed E-state index contributed by atoms with van der Waals surface area (Å²) in [6, 6.07) is 16.3. The summed E-state index contributed by atoms with van der Waals surface area (Å²) in [4.78, 5) is 25.2. The van der Waals surface area contributed by atoms with Gasteiger partial charge in [-0.25, -0.2) is 0 Å². The van der Waals surface area contributed by atoms with E-state index in [2.05, 4.69) is 10.6 Å². The van der Waals surface area contributed by atoms with E-state index in [0.29, 0.717) is 0 Å². The van der Waals surface area contributed by atoms with Gasteiger partial charge >= 0.3 is 0 Å². The van der Waals surface area contributed by atoms with E-state index >= 15 is 0 Å². The lowest BCUT2D eigenvalue weighted by Gasteiger charge is -2.26. The highest BCUT2D eigenvalue weighted by atomic mass is 32.2. The predicted molar refractivity (Wildman–Crippen MR) is 95.7 cm³/mol. The molecule has 124 valence electrons. The Labute approximate surface area is 145 Å². The van der Waals surface area contributed by atoms with Gasteiger partial charge in [0.25, 0.3) is 0 Å². The maximum Gasteiger partial charge on any atom is 0.243 e. The number of rotatable bonds is 4. The summed E-state index contributed by atoms with van der Waals surface area (Å²) in [7, 11) is 0. The van der Waals surface area contributed by atoms with Crippen LogP contribution in [0.25, 0.3) is 0 Å². The lowest BCUT2D eigenvalue weighted by molar-refractivity contribution is -0.121. The van der Waals surface area contributed by atoms with Crippen LogP contribution < -0.4 is 16.4 Å². The summed E-state index contributed by atoms with van der Waals surface area (Å²) in [5, 5.41) is 5.86. The van der Waals surface area contributed by atoms with Crippen molar-refractivity contribution in [1.82, 2.24) is 5.32 Å². The third-order valence-electron chi connectivity index (χ3n) is 3.97. The zero-order chi connectivity index (χ0) is 17.1. The van der Waals surface area contributed by atoms with Crippen molar-refractivity contribution in [3.05, 3.63) is 60.2 Å². The number of thioether (sulfide) groups is 1. The van der Waals surface area contributed by atoms with Crippen LogP contribution in [0.2, 0.25) is 0 Å². The molecule has 1 aliphatic rings. The molecule has 0 bridgehead atoms. The third kappa shape index (κ3) is 3.44. The van der Waals surface area contributed by atoms with Gasteiger partial charge in [0.1, 0.15) is 6.04 Å². The van der Waals surface area contributed by atoms with Crippen LogP contribution in [0.5, 0.6) is 0 Å². The second-order valence-electron chi connectivity index (χ2n) is 5.70. The van der Waals surface area contributed by atoms with E-state index in [0.717, 1.165) is 16.1 Å². The van der Waals surface area contributed by atoms with Gasteiger partial charge in [-0.2, -0.15) is 0 Å². The molecule has 2 amide bonds. The average molecular weight is 341 g/mol.